The molecule has 4 nitrogen and oxygen atoms in total. The second kappa shape index (κ2) is 5.17. The molecule has 17 heavy (non-hydrogen) atoms. The minimum absolute atomic E-state index is 0.0565. The number of hydrogen-bond donors (Lipinski definition) is 2. The SMILES string of the molecule is CCC1CCCCN1c1cccnc1C(=N)N. The monoisotopic (exact) mass is 232 g/mol. The molecule has 1 saturated heterocycles. The van der Waals surface area contributed by atoms with Gasteiger partial charge in [0.2, 0.25) is 0 Å². The maximum atomic E-state index is 7.61. The van der Waals surface area contributed by atoms with E-state index in [1.54, 1.807) is 6.20 Å². The highest BCUT2D eigenvalue weighted by molar-refractivity contribution is 5.98. The first-order valence-corrected chi connectivity index (χ1v) is 6.30. The van der Waals surface area contributed by atoms with Crippen LogP contribution in [0.1, 0.15) is 38.3 Å². The zero-order valence-electron chi connectivity index (χ0n) is 10.3. The van der Waals surface area contributed by atoms with Crippen molar-refractivity contribution in [3.63, 3.8) is 0 Å². The molecule has 1 fully saturated rings. The Bertz CT molecular complexity index is 402. The molecule has 1 aromatic heterocycles. The Labute approximate surface area is 102 Å². The molecule has 0 saturated carbocycles. The second-order valence-electron chi connectivity index (χ2n) is 4.54. The first-order chi connectivity index (χ1) is 8.24. The fourth-order valence-electron chi connectivity index (χ4n) is 2.58. The molecule has 1 aliphatic rings. The van der Waals surface area contributed by atoms with Crippen molar-refractivity contribution in [2.75, 3.05) is 11.4 Å². The minimum atomic E-state index is 0.0565. The average molecular weight is 232 g/mol. The van der Waals surface area contributed by atoms with Gasteiger partial charge in [-0.15, -0.1) is 0 Å². The number of pyridine rings is 1. The average Bonchev–Trinajstić information content (AvgIpc) is 2.38. The number of amidine groups is 1. The first-order valence-electron chi connectivity index (χ1n) is 6.30. The lowest BCUT2D eigenvalue weighted by Gasteiger charge is -2.37. The standard InChI is InChI=1S/C13H20N4/c1-2-10-6-3-4-9-17(10)11-7-5-8-16-12(11)13(14)15/h5,7-8,10H,2-4,6,9H2,1H3,(H3,14,15). The molecule has 92 valence electrons. The molecule has 0 aromatic carbocycles. The summed E-state index contributed by atoms with van der Waals surface area (Å²) in [6.07, 6.45) is 6.56. The van der Waals surface area contributed by atoms with Crippen molar-refractivity contribution in [3.05, 3.63) is 24.0 Å². The molecule has 4 heteroatoms. The molecule has 1 aliphatic heterocycles. The van der Waals surface area contributed by atoms with Gasteiger partial charge in [-0.2, -0.15) is 0 Å². The Balaban J connectivity index is 2.34. The molecule has 3 N–H and O–H groups in total. The van der Waals surface area contributed by atoms with Gasteiger partial charge in [0.15, 0.2) is 0 Å². The van der Waals surface area contributed by atoms with Gasteiger partial charge in [0.1, 0.15) is 11.5 Å². The van der Waals surface area contributed by atoms with Gasteiger partial charge in [0.25, 0.3) is 0 Å². The van der Waals surface area contributed by atoms with Crippen LogP contribution in [0.15, 0.2) is 18.3 Å². The molecule has 1 atom stereocenters. The van der Waals surface area contributed by atoms with E-state index in [2.05, 4.69) is 16.8 Å². The van der Waals surface area contributed by atoms with Crippen LogP contribution < -0.4 is 10.6 Å². The van der Waals surface area contributed by atoms with E-state index in [-0.39, 0.29) is 5.84 Å². The Morgan fingerprint density at radius 2 is 2.41 bits per heavy atom. The van der Waals surface area contributed by atoms with Crippen LogP contribution in [0, 0.1) is 5.41 Å². The van der Waals surface area contributed by atoms with Crippen LogP contribution in [-0.2, 0) is 0 Å². The van der Waals surface area contributed by atoms with Crippen LogP contribution >= 0.6 is 0 Å². The molecule has 2 rings (SSSR count). The van der Waals surface area contributed by atoms with Gasteiger partial charge in [-0.25, -0.2) is 0 Å². The lowest BCUT2D eigenvalue weighted by molar-refractivity contribution is 0.449. The highest BCUT2D eigenvalue weighted by atomic mass is 15.2. The lowest BCUT2D eigenvalue weighted by Crippen LogP contribution is -2.40. The number of aromatic nitrogens is 1. The van der Waals surface area contributed by atoms with Crippen molar-refractivity contribution in [1.82, 2.24) is 4.98 Å². The number of nitrogens with zero attached hydrogens (tertiary/aromatic N) is 2. The third-order valence-corrected chi connectivity index (χ3v) is 3.45. The molecule has 0 amide bonds. The van der Waals surface area contributed by atoms with Gasteiger partial charge in [0, 0.05) is 18.8 Å². The molecular formula is C13H20N4. The van der Waals surface area contributed by atoms with Gasteiger partial charge < -0.3 is 10.6 Å². The quantitative estimate of drug-likeness (QED) is 0.620. The highest BCUT2D eigenvalue weighted by Gasteiger charge is 2.23. The number of nitrogens with one attached hydrogen (secondary N) is 1. The summed E-state index contributed by atoms with van der Waals surface area (Å²) in [4.78, 5) is 6.60. The zero-order chi connectivity index (χ0) is 12.3. The Morgan fingerprint density at radius 3 is 3.12 bits per heavy atom. The maximum absolute atomic E-state index is 7.61. The van der Waals surface area contributed by atoms with Crippen molar-refractivity contribution in [2.24, 2.45) is 5.73 Å². The van der Waals surface area contributed by atoms with Gasteiger partial charge in [-0.1, -0.05) is 6.92 Å². The Hall–Kier alpha value is -1.58. The lowest BCUT2D eigenvalue weighted by atomic mass is 9.99. The molecule has 0 aliphatic carbocycles. The number of piperidine rings is 1. The number of nitrogen functional groups attached to an aromatic ring is 1. The molecule has 1 unspecified atom stereocenters. The van der Waals surface area contributed by atoms with Crippen molar-refractivity contribution >= 4 is 11.5 Å². The molecule has 2 heterocycles. The van der Waals surface area contributed by atoms with E-state index in [1.807, 2.05) is 12.1 Å². The predicted octanol–water partition coefficient (Wildman–Crippen LogP) is 2.13. The summed E-state index contributed by atoms with van der Waals surface area (Å²) in [6, 6.07) is 4.51. The topological polar surface area (TPSA) is 66.0 Å². The van der Waals surface area contributed by atoms with Gasteiger partial charge in [-0.05, 0) is 37.8 Å². The minimum Gasteiger partial charge on any atom is -0.382 e. The van der Waals surface area contributed by atoms with Crippen molar-refractivity contribution < 1.29 is 0 Å². The Morgan fingerprint density at radius 1 is 1.59 bits per heavy atom. The Kier molecular flexibility index (Phi) is 3.61. The fourth-order valence-corrected chi connectivity index (χ4v) is 2.58. The smallest absolute Gasteiger partial charge is 0.143 e. The highest BCUT2D eigenvalue weighted by Crippen LogP contribution is 2.28. The molecule has 0 radical (unpaired) electrons. The number of nitrogens with two attached hydrogens (primary N) is 1. The number of hydrogen-bond acceptors (Lipinski definition) is 3. The van der Waals surface area contributed by atoms with Crippen LogP contribution in [0.25, 0.3) is 0 Å². The van der Waals surface area contributed by atoms with Crippen LogP contribution in [0.5, 0.6) is 0 Å². The summed E-state index contributed by atoms with van der Waals surface area (Å²) < 4.78 is 0. The van der Waals surface area contributed by atoms with Crippen LogP contribution in [0.4, 0.5) is 5.69 Å². The summed E-state index contributed by atoms with van der Waals surface area (Å²) >= 11 is 0. The normalized spacial score (nSPS) is 20.3. The van der Waals surface area contributed by atoms with Crippen LogP contribution in [-0.4, -0.2) is 23.4 Å². The van der Waals surface area contributed by atoms with Crippen LogP contribution in [0.2, 0.25) is 0 Å². The summed E-state index contributed by atoms with van der Waals surface area (Å²) in [6.45, 7) is 3.26. The van der Waals surface area contributed by atoms with Gasteiger partial charge >= 0.3 is 0 Å². The zero-order valence-corrected chi connectivity index (χ0v) is 10.3. The maximum Gasteiger partial charge on any atom is 0.143 e. The van der Waals surface area contributed by atoms with Crippen LogP contribution in [0.3, 0.4) is 0 Å². The predicted molar refractivity (Wildman–Crippen MR) is 70.5 cm³/mol. The third kappa shape index (κ3) is 2.40. The fraction of sp³-hybridized carbons (Fsp3) is 0.538. The number of rotatable bonds is 3. The van der Waals surface area contributed by atoms with Gasteiger partial charge in [-0.3, -0.25) is 10.4 Å². The van der Waals surface area contributed by atoms with E-state index in [0.717, 1.165) is 18.7 Å². The van der Waals surface area contributed by atoms with Gasteiger partial charge in [0.05, 0.1) is 5.69 Å². The molecule has 0 spiro atoms. The first kappa shape index (κ1) is 11.9. The second-order valence-corrected chi connectivity index (χ2v) is 4.54. The summed E-state index contributed by atoms with van der Waals surface area (Å²) in [7, 11) is 0. The van der Waals surface area contributed by atoms with E-state index >= 15 is 0 Å². The summed E-state index contributed by atoms with van der Waals surface area (Å²) in [5, 5.41) is 7.61. The van der Waals surface area contributed by atoms with Crippen molar-refractivity contribution in [3.8, 4) is 0 Å². The summed E-state index contributed by atoms with van der Waals surface area (Å²) in [5.41, 5.74) is 7.24. The number of anilines is 1. The largest absolute Gasteiger partial charge is 0.382 e. The van der Waals surface area contributed by atoms with Crippen molar-refractivity contribution in [2.45, 2.75) is 38.6 Å². The third-order valence-electron chi connectivity index (χ3n) is 3.45. The van der Waals surface area contributed by atoms with Crippen molar-refractivity contribution in [1.29, 1.82) is 5.41 Å². The van der Waals surface area contributed by atoms with E-state index in [0.29, 0.717) is 11.7 Å². The molecule has 1 aromatic rings. The van der Waals surface area contributed by atoms with E-state index < -0.39 is 0 Å². The molecular weight excluding hydrogens is 212 g/mol. The summed E-state index contributed by atoms with van der Waals surface area (Å²) in [5.74, 6) is 0.0565. The van der Waals surface area contributed by atoms with E-state index in [1.165, 1.54) is 19.3 Å². The molecule has 0 bridgehead atoms. The van der Waals surface area contributed by atoms with E-state index in [9.17, 15) is 0 Å². The van der Waals surface area contributed by atoms with E-state index in [4.69, 9.17) is 11.1 Å².